The Bertz CT molecular complexity index is 369. The third kappa shape index (κ3) is 2.23. The monoisotopic (exact) mass is 351 g/mol. The topological polar surface area (TPSA) is 30.7 Å². The van der Waals surface area contributed by atoms with Gasteiger partial charge in [-0.15, -0.1) is 35.9 Å². The van der Waals surface area contributed by atoms with Crippen LogP contribution in [-0.4, -0.2) is 15.0 Å². The van der Waals surface area contributed by atoms with Crippen molar-refractivity contribution in [1.29, 1.82) is 0 Å². The van der Waals surface area contributed by atoms with Crippen LogP contribution in [-0.2, 0) is 27.2 Å². The first-order chi connectivity index (χ1) is 5.86. The van der Waals surface area contributed by atoms with E-state index in [2.05, 4.69) is 16.4 Å². The van der Waals surface area contributed by atoms with E-state index >= 15 is 0 Å². The second-order valence-corrected chi connectivity index (χ2v) is 2.55. The third-order valence-corrected chi connectivity index (χ3v) is 1.59. The van der Waals surface area contributed by atoms with Crippen LogP contribution in [0.1, 0.15) is 0 Å². The van der Waals surface area contributed by atoms with Gasteiger partial charge in [-0.25, -0.2) is 0 Å². The van der Waals surface area contributed by atoms with Crippen LogP contribution in [0.2, 0.25) is 0 Å². The molecule has 0 unspecified atom stereocenters. The Labute approximate surface area is 90.1 Å². The Morgan fingerprint density at radius 3 is 2.77 bits per heavy atom. The molecule has 0 saturated carbocycles. The maximum Gasteiger partial charge on any atom is 0.0305 e. The summed E-state index contributed by atoms with van der Waals surface area (Å²) in [5.41, 5.74) is 1.84. The Morgan fingerprint density at radius 2 is 2.23 bits per heavy atom. The number of rotatable bonds is 1. The fourth-order valence-corrected chi connectivity index (χ4v) is 1.02. The molecule has 2 rings (SSSR count). The molecule has 0 saturated heterocycles. The Balaban J connectivity index is 0.000000845. The number of hydrogen-bond acceptors (Lipinski definition) is 2. The molecule has 3 nitrogen and oxygen atoms in total. The molecule has 0 spiro atoms. The molecule has 0 aliphatic heterocycles. The maximum absolute atomic E-state index is 3.97. The molecular formula is C9H8IrN3-. The molecule has 0 N–H and O–H groups in total. The van der Waals surface area contributed by atoms with Crippen LogP contribution >= 0.6 is 0 Å². The average Bonchev–Trinajstić information content (AvgIpc) is 2.54. The van der Waals surface area contributed by atoms with Gasteiger partial charge in [0, 0.05) is 39.0 Å². The number of nitrogens with zero attached hydrogens (tertiary/aromatic N) is 3. The van der Waals surface area contributed by atoms with Crippen molar-refractivity contribution in [2.45, 2.75) is 0 Å². The van der Waals surface area contributed by atoms with Gasteiger partial charge in [0.25, 0.3) is 0 Å². The minimum absolute atomic E-state index is 0. The molecule has 1 heterocycles. The molecule has 0 atom stereocenters. The van der Waals surface area contributed by atoms with Crippen LogP contribution in [0.25, 0.3) is 11.3 Å². The van der Waals surface area contributed by atoms with Gasteiger partial charge in [0.2, 0.25) is 0 Å². The number of aryl methyl sites for hydroxylation is 1. The van der Waals surface area contributed by atoms with Crippen molar-refractivity contribution in [2.75, 3.05) is 0 Å². The first-order valence-corrected chi connectivity index (χ1v) is 3.70. The molecule has 1 aromatic heterocycles. The van der Waals surface area contributed by atoms with Crippen molar-refractivity contribution < 1.29 is 20.1 Å². The molecule has 0 bridgehead atoms. The van der Waals surface area contributed by atoms with Crippen LogP contribution < -0.4 is 0 Å². The standard InChI is InChI=1S/C9H8N3.Ir/c1-12-7-9(10-11-12)8-5-3-2-4-6-8;/h2-5,7H,1H3;/q-1;. The van der Waals surface area contributed by atoms with Crippen molar-refractivity contribution in [3.63, 3.8) is 0 Å². The van der Waals surface area contributed by atoms with Crippen LogP contribution in [0, 0.1) is 6.07 Å². The van der Waals surface area contributed by atoms with Crippen LogP contribution in [0.5, 0.6) is 0 Å². The Kier molecular flexibility index (Phi) is 3.34. The van der Waals surface area contributed by atoms with Gasteiger partial charge in [-0.3, -0.25) is 4.68 Å². The largest absolute Gasteiger partial charge is 0.265 e. The molecule has 0 aliphatic rings. The van der Waals surface area contributed by atoms with Gasteiger partial charge < -0.3 is 0 Å². The summed E-state index contributed by atoms with van der Waals surface area (Å²) in [6.07, 6.45) is 1.87. The van der Waals surface area contributed by atoms with Gasteiger partial charge in [-0.05, 0) is 0 Å². The van der Waals surface area contributed by atoms with Crippen molar-refractivity contribution >= 4 is 0 Å². The fraction of sp³-hybridized carbons (Fsp3) is 0.111. The molecule has 69 valence electrons. The summed E-state index contributed by atoms with van der Waals surface area (Å²) in [7, 11) is 1.85. The summed E-state index contributed by atoms with van der Waals surface area (Å²) in [4.78, 5) is 0. The van der Waals surface area contributed by atoms with E-state index in [1.165, 1.54) is 0 Å². The second-order valence-electron chi connectivity index (χ2n) is 2.55. The molecular weight excluding hydrogens is 342 g/mol. The number of benzene rings is 1. The zero-order valence-electron chi connectivity index (χ0n) is 7.06. The van der Waals surface area contributed by atoms with Gasteiger partial charge >= 0.3 is 0 Å². The third-order valence-electron chi connectivity index (χ3n) is 1.59. The van der Waals surface area contributed by atoms with E-state index in [0.29, 0.717) is 0 Å². The van der Waals surface area contributed by atoms with Crippen LogP contribution in [0.4, 0.5) is 0 Å². The molecule has 0 fully saturated rings. The van der Waals surface area contributed by atoms with E-state index in [-0.39, 0.29) is 20.1 Å². The summed E-state index contributed by atoms with van der Waals surface area (Å²) < 4.78 is 1.68. The van der Waals surface area contributed by atoms with E-state index in [0.717, 1.165) is 11.3 Å². The van der Waals surface area contributed by atoms with Crippen molar-refractivity contribution in [3.8, 4) is 11.3 Å². The van der Waals surface area contributed by atoms with Gasteiger partial charge in [-0.1, -0.05) is 5.21 Å². The van der Waals surface area contributed by atoms with E-state index < -0.39 is 0 Å². The van der Waals surface area contributed by atoms with Crippen LogP contribution in [0.3, 0.4) is 0 Å². The molecule has 0 aliphatic carbocycles. The Morgan fingerprint density at radius 1 is 1.38 bits per heavy atom. The van der Waals surface area contributed by atoms with E-state index in [1.807, 2.05) is 37.5 Å². The first-order valence-electron chi connectivity index (χ1n) is 3.70. The zero-order valence-corrected chi connectivity index (χ0v) is 9.46. The van der Waals surface area contributed by atoms with Crippen LogP contribution in [0.15, 0.2) is 30.5 Å². The van der Waals surface area contributed by atoms with Crippen molar-refractivity contribution in [3.05, 3.63) is 36.5 Å². The van der Waals surface area contributed by atoms with Crippen molar-refractivity contribution in [1.82, 2.24) is 15.0 Å². The van der Waals surface area contributed by atoms with E-state index in [1.54, 1.807) is 4.68 Å². The molecule has 13 heavy (non-hydrogen) atoms. The minimum atomic E-state index is 0. The normalized spacial score (nSPS) is 9.31. The fourth-order valence-electron chi connectivity index (χ4n) is 1.02. The molecule has 1 radical (unpaired) electrons. The first kappa shape index (κ1) is 10.1. The molecule has 4 heteroatoms. The molecule has 0 amide bonds. The summed E-state index contributed by atoms with van der Waals surface area (Å²) in [5, 5.41) is 7.81. The smallest absolute Gasteiger partial charge is 0.0305 e. The summed E-state index contributed by atoms with van der Waals surface area (Å²) in [6.45, 7) is 0. The zero-order chi connectivity index (χ0) is 8.39. The molecule has 2 aromatic rings. The molecule has 1 aromatic carbocycles. The van der Waals surface area contributed by atoms with Crippen molar-refractivity contribution in [2.24, 2.45) is 7.05 Å². The Hall–Kier alpha value is -0.991. The van der Waals surface area contributed by atoms with Gasteiger partial charge in [0.05, 0.1) is 0 Å². The van der Waals surface area contributed by atoms with Gasteiger partial charge in [0.15, 0.2) is 0 Å². The summed E-state index contributed by atoms with van der Waals surface area (Å²) in [6, 6.07) is 10.8. The summed E-state index contributed by atoms with van der Waals surface area (Å²) in [5.74, 6) is 0. The minimum Gasteiger partial charge on any atom is -0.265 e. The van der Waals surface area contributed by atoms with Gasteiger partial charge in [0.1, 0.15) is 0 Å². The van der Waals surface area contributed by atoms with Gasteiger partial charge in [-0.2, -0.15) is 5.10 Å². The quantitative estimate of drug-likeness (QED) is 0.726. The number of hydrogen-bond donors (Lipinski definition) is 0. The van der Waals surface area contributed by atoms with E-state index in [9.17, 15) is 0 Å². The second kappa shape index (κ2) is 4.30. The predicted octanol–water partition coefficient (Wildman–Crippen LogP) is 1.28. The average molecular weight is 350 g/mol. The number of aromatic nitrogens is 3. The maximum atomic E-state index is 3.97. The predicted molar refractivity (Wildman–Crippen MR) is 45.3 cm³/mol. The van der Waals surface area contributed by atoms with E-state index in [4.69, 9.17) is 0 Å². The summed E-state index contributed by atoms with van der Waals surface area (Å²) >= 11 is 0. The SMILES string of the molecule is Cn1cc(-c2[c-]cccc2)nn1.[Ir].